The number of benzene rings is 3. The maximum Gasteiger partial charge on any atom is 0.252 e. The Morgan fingerprint density at radius 1 is 1.03 bits per heavy atom. The number of imide groups is 1. The molecule has 0 aliphatic carbocycles. The molecule has 0 radical (unpaired) electrons. The fourth-order valence-electron chi connectivity index (χ4n) is 4.60. The zero-order valence-corrected chi connectivity index (χ0v) is 22.9. The fourth-order valence-corrected chi connectivity index (χ4v) is 6.54. The number of ether oxygens (including phenoxy) is 1. The van der Waals surface area contributed by atoms with Crippen molar-refractivity contribution in [3.05, 3.63) is 88.1 Å². The topological polar surface area (TPSA) is 99.8 Å². The SMILES string of the molecule is COc1ccc(S(=O)(=O)N(CCc2c[nH]c3ccccc23)C2CC(=O)N(c3ccc(I)cc3)C2=O)cc1. The molecular formula is C27H24IN3O5S. The number of anilines is 1. The van der Waals surface area contributed by atoms with Gasteiger partial charge in [-0.3, -0.25) is 9.59 Å². The van der Waals surface area contributed by atoms with Gasteiger partial charge < -0.3 is 9.72 Å². The smallest absolute Gasteiger partial charge is 0.252 e. The van der Waals surface area contributed by atoms with Gasteiger partial charge in [-0.1, -0.05) is 18.2 Å². The standard InChI is InChI=1S/C27H24IN3O5S/c1-36-21-10-12-22(13-11-21)37(34,35)30(15-14-18-17-29-24-5-3-2-4-23(18)24)25-16-26(32)31(27(25)33)20-8-6-19(28)7-9-20/h2-13,17,25,29H,14-16H2,1H3. The molecule has 37 heavy (non-hydrogen) atoms. The molecule has 1 N–H and O–H groups in total. The molecule has 4 aromatic rings. The van der Waals surface area contributed by atoms with Crippen molar-refractivity contribution < 1.29 is 22.7 Å². The number of para-hydroxylation sites is 1. The molecule has 1 fully saturated rings. The Bertz CT molecular complexity index is 1570. The van der Waals surface area contributed by atoms with E-state index in [-0.39, 0.29) is 17.9 Å². The summed E-state index contributed by atoms with van der Waals surface area (Å²) in [7, 11) is -2.62. The van der Waals surface area contributed by atoms with Crippen LogP contribution in [0.1, 0.15) is 12.0 Å². The number of aromatic amines is 1. The molecule has 1 aliphatic heterocycles. The number of fused-ring (bicyclic) bond motifs is 1. The normalized spacial score (nSPS) is 16.2. The van der Waals surface area contributed by atoms with E-state index in [1.165, 1.54) is 23.5 Å². The van der Waals surface area contributed by atoms with Gasteiger partial charge in [0.15, 0.2) is 0 Å². The number of halogens is 1. The zero-order chi connectivity index (χ0) is 26.2. The van der Waals surface area contributed by atoms with Crippen LogP contribution in [0.4, 0.5) is 5.69 Å². The lowest BCUT2D eigenvalue weighted by molar-refractivity contribution is -0.122. The number of sulfonamides is 1. The highest BCUT2D eigenvalue weighted by Gasteiger charge is 2.46. The van der Waals surface area contributed by atoms with Crippen LogP contribution in [0.25, 0.3) is 10.9 Å². The van der Waals surface area contributed by atoms with Crippen LogP contribution in [0.15, 0.2) is 83.9 Å². The summed E-state index contributed by atoms with van der Waals surface area (Å²) < 4.78 is 35.0. The van der Waals surface area contributed by atoms with E-state index >= 15 is 0 Å². The van der Waals surface area contributed by atoms with Crippen LogP contribution in [-0.4, -0.2) is 49.2 Å². The number of hydrogen-bond acceptors (Lipinski definition) is 5. The quantitative estimate of drug-likeness (QED) is 0.231. The molecule has 1 atom stereocenters. The van der Waals surface area contributed by atoms with Crippen molar-refractivity contribution in [3.63, 3.8) is 0 Å². The number of carbonyl (C=O) groups is 2. The largest absolute Gasteiger partial charge is 0.497 e. The first kappa shape index (κ1) is 25.4. The van der Waals surface area contributed by atoms with Gasteiger partial charge in [0.25, 0.3) is 5.91 Å². The van der Waals surface area contributed by atoms with Gasteiger partial charge in [-0.15, -0.1) is 0 Å². The highest BCUT2D eigenvalue weighted by molar-refractivity contribution is 14.1. The maximum absolute atomic E-state index is 13.9. The molecular weight excluding hydrogens is 605 g/mol. The number of H-pyrrole nitrogens is 1. The van der Waals surface area contributed by atoms with Crippen LogP contribution >= 0.6 is 22.6 Å². The van der Waals surface area contributed by atoms with Crippen molar-refractivity contribution in [2.75, 3.05) is 18.6 Å². The van der Waals surface area contributed by atoms with Crippen molar-refractivity contribution in [1.29, 1.82) is 0 Å². The van der Waals surface area contributed by atoms with Crippen LogP contribution in [0.3, 0.4) is 0 Å². The molecule has 3 aromatic carbocycles. The third-order valence-corrected chi connectivity index (χ3v) is 9.14. The zero-order valence-electron chi connectivity index (χ0n) is 19.9. The molecule has 0 saturated carbocycles. The maximum atomic E-state index is 13.9. The molecule has 2 heterocycles. The fraction of sp³-hybridized carbons (Fsp3) is 0.185. The minimum atomic E-state index is -4.12. The predicted molar refractivity (Wildman–Crippen MR) is 149 cm³/mol. The molecule has 2 amide bonds. The van der Waals surface area contributed by atoms with Gasteiger partial charge in [0.2, 0.25) is 15.9 Å². The molecule has 190 valence electrons. The third kappa shape index (κ3) is 4.88. The summed E-state index contributed by atoms with van der Waals surface area (Å²) >= 11 is 2.14. The molecule has 10 heteroatoms. The monoisotopic (exact) mass is 629 g/mol. The van der Waals surface area contributed by atoms with E-state index < -0.39 is 27.9 Å². The Labute approximate surface area is 228 Å². The average Bonchev–Trinajstić information content (AvgIpc) is 3.45. The van der Waals surface area contributed by atoms with Crippen molar-refractivity contribution >= 4 is 61.0 Å². The van der Waals surface area contributed by atoms with Gasteiger partial charge in [-0.05, 0) is 89.2 Å². The third-order valence-electron chi connectivity index (χ3n) is 6.50. The van der Waals surface area contributed by atoms with E-state index in [4.69, 9.17) is 4.74 Å². The minimum absolute atomic E-state index is 0.0280. The minimum Gasteiger partial charge on any atom is -0.497 e. The lowest BCUT2D eigenvalue weighted by Crippen LogP contribution is -2.46. The van der Waals surface area contributed by atoms with Crippen LogP contribution in [0.2, 0.25) is 0 Å². The Balaban J connectivity index is 1.50. The summed E-state index contributed by atoms with van der Waals surface area (Å²) in [5.74, 6) is -0.471. The van der Waals surface area contributed by atoms with Gasteiger partial charge in [0.05, 0.1) is 24.1 Å². The molecule has 1 unspecified atom stereocenters. The Kier molecular flexibility index (Phi) is 7.06. The highest BCUT2D eigenvalue weighted by atomic mass is 127. The first-order valence-electron chi connectivity index (χ1n) is 11.6. The summed E-state index contributed by atoms with van der Waals surface area (Å²) in [6.07, 6.45) is 1.98. The van der Waals surface area contributed by atoms with Crippen LogP contribution in [0.5, 0.6) is 5.75 Å². The lowest BCUT2D eigenvalue weighted by Gasteiger charge is -2.27. The first-order valence-corrected chi connectivity index (χ1v) is 14.1. The number of rotatable bonds is 8. The summed E-state index contributed by atoms with van der Waals surface area (Å²) in [4.78, 5) is 30.9. The molecule has 5 rings (SSSR count). The highest BCUT2D eigenvalue weighted by Crippen LogP contribution is 2.31. The molecule has 0 bridgehead atoms. The molecule has 1 aromatic heterocycles. The van der Waals surface area contributed by atoms with Gasteiger partial charge in [-0.2, -0.15) is 4.31 Å². The van der Waals surface area contributed by atoms with E-state index in [2.05, 4.69) is 27.6 Å². The van der Waals surface area contributed by atoms with Crippen LogP contribution < -0.4 is 9.64 Å². The van der Waals surface area contributed by atoms with Gasteiger partial charge in [0, 0.05) is 27.2 Å². The van der Waals surface area contributed by atoms with Crippen molar-refractivity contribution in [3.8, 4) is 5.75 Å². The summed E-state index contributed by atoms with van der Waals surface area (Å²) in [5, 5.41) is 0.985. The van der Waals surface area contributed by atoms with E-state index in [0.717, 1.165) is 24.9 Å². The second-order valence-electron chi connectivity index (χ2n) is 8.66. The number of aromatic nitrogens is 1. The predicted octanol–water partition coefficient (Wildman–Crippen LogP) is 4.35. The second-order valence-corrected chi connectivity index (χ2v) is 11.8. The lowest BCUT2D eigenvalue weighted by atomic mass is 10.1. The first-order chi connectivity index (χ1) is 17.8. The van der Waals surface area contributed by atoms with Crippen molar-refractivity contribution in [1.82, 2.24) is 9.29 Å². The van der Waals surface area contributed by atoms with E-state index in [9.17, 15) is 18.0 Å². The molecule has 1 saturated heterocycles. The number of methoxy groups -OCH3 is 1. The van der Waals surface area contributed by atoms with E-state index in [1.54, 1.807) is 36.4 Å². The number of carbonyl (C=O) groups excluding carboxylic acids is 2. The van der Waals surface area contributed by atoms with E-state index in [0.29, 0.717) is 17.9 Å². The molecule has 8 nitrogen and oxygen atoms in total. The number of hydrogen-bond donors (Lipinski definition) is 1. The second kappa shape index (κ2) is 10.3. The Morgan fingerprint density at radius 3 is 2.43 bits per heavy atom. The number of nitrogens with zero attached hydrogens (tertiary/aromatic N) is 2. The van der Waals surface area contributed by atoms with Crippen molar-refractivity contribution in [2.24, 2.45) is 0 Å². The van der Waals surface area contributed by atoms with E-state index in [1.807, 2.05) is 30.5 Å². The van der Waals surface area contributed by atoms with Gasteiger partial charge >= 0.3 is 0 Å². The summed E-state index contributed by atoms with van der Waals surface area (Å²) in [6, 6.07) is 19.6. The van der Waals surface area contributed by atoms with Crippen LogP contribution in [-0.2, 0) is 26.0 Å². The van der Waals surface area contributed by atoms with Gasteiger partial charge in [-0.25, -0.2) is 13.3 Å². The summed E-state index contributed by atoms with van der Waals surface area (Å²) in [5.41, 5.74) is 2.30. The van der Waals surface area contributed by atoms with Crippen LogP contribution in [0, 0.1) is 3.57 Å². The Hall–Kier alpha value is -3.22. The van der Waals surface area contributed by atoms with Crippen molar-refractivity contribution in [2.45, 2.75) is 23.8 Å². The molecule has 1 aliphatic rings. The number of amides is 2. The average molecular weight is 629 g/mol. The van der Waals surface area contributed by atoms with Gasteiger partial charge in [0.1, 0.15) is 11.8 Å². The molecule has 0 spiro atoms. The summed E-state index contributed by atoms with van der Waals surface area (Å²) in [6.45, 7) is 0.0282. The Morgan fingerprint density at radius 2 is 1.73 bits per heavy atom. The number of nitrogens with one attached hydrogen (secondary N) is 1.